The minimum Gasteiger partial charge on any atom is -0.390 e. The van der Waals surface area contributed by atoms with Crippen LogP contribution in [-0.2, 0) is 13.0 Å². The van der Waals surface area contributed by atoms with Crippen molar-refractivity contribution in [2.75, 3.05) is 19.6 Å². The van der Waals surface area contributed by atoms with Gasteiger partial charge in [-0.1, -0.05) is 68.4 Å². The third kappa shape index (κ3) is 9.80. The quantitative estimate of drug-likeness (QED) is 0.137. The molecule has 0 aromatic heterocycles. The Morgan fingerprint density at radius 3 is 2.02 bits per heavy atom. The number of rotatable bonds is 15. The Morgan fingerprint density at radius 2 is 1.39 bits per heavy atom. The first-order valence-corrected chi connectivity index (χ1v) is 15.9. The molecule has 242 valence electrons. The van der Waals surface area contributed by atoms with E-state index in [1.54, 1.807) is 23.1 Å². The molecule has 0 aliphatic heterocycles. The van der Waals surface area contributed by atoms with Crippen molar-refractivity contribution in [1.29, 1.82) is 0 Å². The van der Waals surface area contributed by atoms with Crippen LogP contribution in [0.2, 0.25) is 0 Å². The van der Waals surface area contributed by atoms with Gasteiger partial charge in [-0.3, -0.25) is 9.59 Å². The maximum absolute atomic E-state index is 14.0. The van der Waals surface area contributed by atoms with E-state index in [2.05, 4.69) is 10.6 Å². The normalized spacial score (nSPS) is 12.4. The lowest BCUT2D eigenvalue weighted by atomic mass is 9.99. The third-order valence-electron chi connectivity index (χ3n) is 7.76. The van der Waals surface area contributed by atoms with Crippen LogP contribution in [0.4, 0.5) is 8.78 Å². The summed E-state index contributed by atoms with van der Waals surface area (Å²) in [4.78, 5) is 28.6. The molecule has 0 saturated carbocycles. The fraction of sp³-hybridized carbons (Fsp3) is 0.316. The molecule has 46 heavy (non-hydrogen) atoms. The van der Waals surface area contributed by atoms with E-state index in [1.807, 2.05) is 75.4 Å². The highest BCUT2D eigenvalue weighted by Gasteiger charge is 2.24. The summed E-state index contributed by atoms with van der Waals surface area (Å²) in [6, 6.07) is 25.4. The fourth-order valence-electron chi connectivity index (χ4n) is 5.54. The first-order chi connectivity index (χ1) is 22.2. The summed E-state index contributed by atoms with van der Waals surface area (Å²) in [5.41, 5.74) is 4.95. The van der Waals surface area contributed by atoms with Gasteiger partial charge in [0.25, 0.3) is 11.8 Å². The summed E-state index contributed by atoms with van der Waals surface area (Å²) in [5.74, 6) is -2.11. The first kappa shape index (κ1) is 34.5. The number of benzene rings is 4. The molecule has 4 aromatic carbocycles. The summed E-state index contributed by atoms with van der Waals surface area (Å²) in [7, 11) is 0. The fourth-order valence-corrected chi connectivity index (χ4v) is 5.54. The van der Waals surface area contributed by atoms with E-state index in [-0.39, 0.29) is 24.4 Å². The summed E-state index contributed by atoms with van der Waals surface area (Å²) in [5, 5.41) is 17.3. The van der Waals surface area contributed by atoms with E-state index in [1.165, 1.54) is 12.1 Å². The van der Waals surface area contributed by atoms with Gasteiger partial charge in [0.05, 0.1) is 12.1 Å². The van der Waals surface area contributed by atoms with E-state index >= 15 is 0 Å². The van der Waals surface area contributed by atoms with Gasteiger partial charge in [-0.05, 0) is 84.3 Å². The monoisotopic (exact) mass is 627 g/mol. The van der Waals surface area contributed by atoms with Gasteiger partial charge in [-0.15, -0.1) is 0 Å². The summed E-state index contributed by atoms with van der Waals surface area (Å²) in [6.07, 6.45) is 0.540. The van der Waals surface area contributed by atoms with Crippen molar-refractivity contribution in [2.24, 2.45) is 0 Å². The Bertz CT molecular complexity index is 1570. The highest BCUT2D eigenvalue weighted by atomic mass is 19.1. The zero-order valence-corrected chi connectivity index (χ0v) is 26.7. The van der Waals surface area contributed by atoms with Gasteiger partial charge >= 0.3 is 0 Å². The van der Waals surface area contributed by atoms with Crippen LogP contribution in [0.15, 0.2) is 91.0 Å². The van der Waals surface area contributed by atoms with Crippen LogP contribution < -0.4 is 10.6 Å². The number of hydrogen-bond donors (Lipinski definition) is 3. The number of amides is 2. The Kier molecular flexibility index (Phi) is 12.6. The van der Waals surface area contributed by atoms with E-state index in [9.17, 15) is 23.5 Å². The van der Waals surface area contributed by atoms with Crippen LogP contribution in [0.25, 0.3) is 11.1 Å². The minimum atomic E-state index is -1.09. The van der Waals surface area contributed by atoms with E-state index in [0.717, 1.165) is 41.2 Å². The highest BCUT2D eigenvalue weighted by Crippen LogP contribution is 2.20. The number of halogens is 2. The summed E-state index contributed by atoms with van der Waals surface area (Å²) < 4.78 is 28.1. The first-order valence-electron chi connectivity index (χ1n) is 15.9. The van der Waals surface area contributed by atoms with Crippen molar-refractivity contribution in [1.82, 2.24) is 15.5 Å². The van der Waals surface area contributed by atoms with E-state index < -0.39 is 29.7 Å². The smallest absolute Gasteiger partial charge is 0.253 e. The number of carbonyl (C=O) groups excluding carboxylic acids is 2. The van der Waals surface area contributed by atoms with Crippen molar-refractivity contribution in [3.63, 3.8) is 0 Å². The molecular weight excluding hydrogens is 584 g/mol. The van der Waals surface area contributed by atoms with Gasteiger partial charge in [0.15, 0.2) is 0 Å². The zero-order chi connectivity index (χ0) is 33.1. The van der Waals surface area contributed by atoms with Crippen LogP contribution in [0.5, 0.6) is 0 Å². The molecule has 4 rings (SSSR count). The average Bonchev–Trinajstić information content (AvgIpc) is 3.04. The molecule has 0 unspecified atom stereocenters. The van der Waals surface area contributed by atoms with Gasteiger partial charge in [0.2, 0.25) is 0 Å². The second-order valence-corrected chi connectivity index (χ2v) is 11.7. The van der Waals surface area contributed by atoms with Gasteiger partial charge in [-0.25, -0.2) is 8.78 Å². The number of aliphatic hydroxyl groups is 1. The molecule has 2 amide bonds. The Labute approximate surface area is 270 Å². The number of aliphatic hydroxyl groups excluding tert-OH is 1. The SMILES string of the molecule is CCCN(CCC)C(=O)c1cc(C)cc(C(=O)N[C@@H](Cc2cc(F)cc(F)c2)[C@H](O)CNCc2ccc(-c3ccccc3)cc2)c1. The second-order valence-electron chi connectivity index (χ2n) is 11.7. The number of carbonyl (C=O) groups is 2. The lowest BCUT2D eigenvalue weighted by Gasteiger charge is -2.25. The maximum Gasteiger partial charge on any atom is 0.253 e. The molecular formula is C38H43F2N3O3. The Hall–Kier alpha value is -4.40. The highest BCUT2D eigenvalue weighted by molar-refractivity contribution is 6.00. The molecule has 0 spiro atoms. The molecule has 6 nitrogen and oxygen atoms in total. The third-order valence-corrected chi connectivity index (χ3v) is 7.76. The maximum atomic E-state index is 14.0. The summed E-state index contributed by atoms with van der Waals surface area (Å²) >= 11 is 0. The van der Waals surface area contributed by atoms with Gasteiger partial charge in [0, 0.05) is 43.4 Å². The second kappa shape index (κ2) is 16.8. The number of hydrogen-bond acceptors (Lipinski definition) is 4. The molecule has 8 heteroatoms. The van der Waals surface area contributed by atoms with Crippen LogP contribution in [0.1, 0.15) is 64.1 Å². The largest absolute Gasteiger partial charge is 0.390 e. The molecule has 4 aromatic rings. The predicted molar refractivity (Wildman–Crippen MR) is 179 cm³/mol. The minimum absolute atomic E-state index is 0.00653. The number of aryl methyl sites for hydroxylation is 1. The van der Waals surface area contributed by atoms with Crippen LogP contribution in [-0.4, -0.2) is 53.6 Å². The van der Waals surface area contributed by atoms with E-state index in [0.29, 0.717) is 30.8 Å². The molecule has 0 fully saturated rings. The summed E-state index contributed by atoms with van der Waals surface area (Å²) in [6.45, 7) is 7.65. The Balaban J connectivity index is 1.48. The van der Waals surface area contributed by atoms with Gasteiger partial charge in [-0.2, -0.15) is 0 Å². The van der Waals surface area contributed by atoms with Crippen molar-refractivity contribution in [2.45, 2.75) is 58.7 Å². The molecule has 0 bridgehead atoms. The molecule has 3 N–H and O–H groups in total. The topological polar surface area (TPSA) is 81.7 Å². The molecule has 0 aliphatic rings. The van der Waals surface area contributed by atoms with Crippen molar-refractivity contribution in [3.8, 4) is 11.1 Å². The standard InChI is InChI=1S/C38H43F2N3O3/c1-4-15-43(16-5-2)38(46)32-18-26(3)17-31(22-32)37(45)42-35(21-28-19-33(39)23-34(40)20-28)36(44)25-41-24-27-11-13-30(14-12-27)29-9-7-6-8-10-29/h6-14,17-20,22-23,35-36,41,44H,4-5,15-16,21,24-25H2,1-3H3,(H,42,45)/t35-,36+/m0/s1. The van der Waals surface area contributed by atoms with Crippen LogP contribution in [0, 0.1) is 18.6 Å². The molecule has 2 atom stereocenters. The predicted octanol–water partition coefficient (Wildman–Crippen LogP) is 6.69. The lowest BCUT2D eigenvalue weighted by molar-refractivity contribution is 0.0755. The number of nitrogens with one attached hydrogen (secondary N) is 2. The number of nitrogens with zero attached hydrogens (tertiary/aromatic N) is 1. The van der Waals surface area contributed by atoms with Gasteiger partial charge in [0.1, 0.15) is 11.6 Å². The van der Waals surface area contributed by atoms with Crippen LogP contribution in [0.3, 0.4) is 0 Å². The van der Waals surface area contributed by atoms with Gasteiger partial charge < -0.3 is 20.6 Å². The zero-order valence-electron chi connectivity index (χ0n) is 26.7. The molecule has 0 radical (unpaired) electrons. The molecule has 0 saturated heterocycles. The van der Waals surface area contributed by atoms with Crippen LogP contribution >= 0.6 is 0 Å². The van der Waals surface area contributed by atoms with Crippen molar-refractivity contribution in [3.05, 3.63) is 130 Å². The molecule has 0 heterocycles. The lowest BCUT2D eigenvalue weighted by Crippen LogP contribution is -2.48. The van der Waals surface area contributed by atoms with Crippen molar-refractivity contribution >= 4 is 11.8 Å². The average molecular weight is 628 g/mol. The molecule has 0 aliphatic carbocycles. The van der Waals surface area contributed by atoms with Crippen molar-refractivity contribution < 1.29 is 23.5 Å². The van der Waals surface area contributed by atoms with E-state index in [4.69, 9.17) is 0 Å². The Morgan fingerprint density at radius 1 is 0.783 bits per heavy atom.